The molecule has 0 aliphatic rings. The number of nitro benzene ring substituents is 1. The van der Waals surface area contributed by atoms with Crippen molar-refractivity contribution < 1.29 is 13.3 Å². The van der Waals surface area contributed by atoms with E-state index in [1.54, 1.807) is 12.1 Å². The minimum absolute atomic E-state index is 0.125. The van der Waals surface area contributed by atoms with Gasteiger partial charge in [0.05, 0.1) is 21.1 Å². The Labute approximate surface area is 129 Å². The van der Waals surface area contributed by atoms with Crippen molar-refractivity contribution in [3.05, 3.63) is 63.2 Å². The molecule has 0 spiro atoms. The number of hydrogen-bond donors (Lipinski definition) is 1. The number of nitrogens with zero attached hydrogens (tertiary/aromatic N) is 1. The zero-order valence-corrected chi connectivity index (χ0v) is 13.3. The summed E-state index contributed by atoms with van der Waals surface area (Å²) in [5.74, 6) is 0. The maximum Gasteiger partial charge on any atom is 0.274 e. The van der Waals surface area contributed by atoms with Gasteiger partial charge in [0.15, 0.2) is 0 Å². The summed E-state index contributed by atoms with van der Waals surface area (Å²) < 4.78 is 27.2. The minimum atomic E-state index is -3.79. The molecule has 0 aliphatic carbocycles. The van der Waals surface area contributed by atoms with Gasteiger partial charge in [0.25, 0.3) is 15.7 Å². The SMILES string of the molecule is Cc1ccc(S(=O)(=O)Nc2cccc([N+](=O)[O-])c2C)cc1C. The standard InChI is InChI=1S/C15H16N2O4S/c1-10-7-8-13(9-11(10)2)22(20,21)16-14-5-4-6-15(12(14)3)17(18)19/h4-9,16H,1-3H3. The lowest BCUT2D eigenvalue weighted by Crippen LogP contribution is -2.14. The summed E-state index contributed by atoms with van der Waals surface area (Å²) in [6, 6.07) is 9.10. The van der Waals surface area contributed by atoms with E-state index in [1.807, 2.05) is 13.8 Å². The minimum Gasteiger partial charge on any atom is -0.279 e. The molecular formula is C15H16N2O4S. The van der Waals surface area contributed by atoms with Gasteiger partial charge in [-0.05, 0) is 50.1 Å². The Morgan fingerprint density at radius 3 is 2.32 bits per heavy atom. The lowest BCUT2D eigenvalue weighted by Gasteiger charge is -2.11. The fourth-order valence-corrected chi connectivity index (χ4v) is 3.22. The summed E-state index contributed by atoms with van der Waals surface area (Å²) >= 11 is 0. The van der Waals surface area contributed by atoms with E-state index in [1.165, 1.54) is 31.2 Å². The summed E-state index contributed by atoms with van der Waals surface area (Å²) in [6.07, 6.45) is 0. The molecule has 2 aromatic carbocycles. The molecule has 0 aliphatic heterocycles. The largest absolute Gasteiger partial charge is 0.279 e. The molecule has 0 saturated heterocycles. The third-order valence-corrected chi connectivity index (χ3v) is 4.90. The summed E-state index contributed by atoms with van der Waals surface area (Å²) in [7, 11) is -3.79. The second-order valence-electron chi connectivity index (χ2n) is 5.06. The highest BCUT2D eigenvalue weighted by Crippen LogP contribution is 2.27. The molecule has 0 heterocycles. The Hall–Kier alpha value is -2.41. The number of hydrogen-bond acceptors (Lipinski definition) is 4. The van der Waals surface area contributed by atoms with Crippen LogP contribution in [0.3, 0.4) is 0 Å². The summed E-state index contributed by atoms with van der Waals surface area (Å²) in [5.41, 5.74) is 2.21. The number of sulfonamides is 1. The molecule has 0 fully saturated rings. The Morgan fingerprint density at radius 1 is 1.05 bits per heavy atom. The molecular weight excluding hydrogens is 304 g/mol. The molecule has 0 bridgehead atoms. The fraction of sp³-hybridized carbons (Fsp3) is 0.200. The van der Waals surface area contributed by atoms with Crippen LogP contribution in [-0.2, 0) is 10.0 Å². The van der Waals surface area contributed by atoms with Gasteiger partial charge in [-0.25, -0.2) is 8.42 Å². The number of nitro groups is 1. The van der Waals surface area contributed by atoms with E-state index in [4.69, 9.17) is 0 Å². The fourth-order valence-electron chi connectivity index (χ4n) is 2.02. The molecule has 1 N–H and O–H groups in total. The van der Waals surface area contributed by atoms with E-state index in [9.17, 15) is 18.5 Å². The van der Waals surface area contributed by atoms with Crippen LogP contribution in [0.15, 0.2) is 41.3 Å². The summed E-state index contributed by atoms with van der Waals surface area (Å²) in [4.78, 5) is 10.5. The Morgan fingerprint density at radius 2 is 1.73 bits per heavy atom. The van der Waals surface area contributed by atoms with Crippen molar-refractivity contribution in [2.75, 3.05) is 4.72 Å². The molecule has 6 nitrogen and oxygen atoms in total. The molecule has 0 amide bonds. The first-order chi connectivity index (χ1) is 10.2. The predicted molar refractivity (Wildman–Crippen MR) is 84.6 cm³/mol. The number of rotatable bonds is 4. The van der Waals surface area contributed by atoms with Gasteiger partial charge in [0.1, 0.15) is 0 Å². The maximum absolute atomic E-state index is 12.4. The number of anilines is 1. The van der Waals surface area contributed by atoms with Gasteiger partial charge in [-0.1, -0.05) is 12.1 Å². The van der Waals surface area contributed by atoms with Gasteiger partial charge in [0.2, 0.25) is 0 Å². The van der Waals surface area contributed by atoms with E-state index < -0.39 is 14.9 Å². The Kier molecular flexibility index (Phi) is 4.18. The quantitative estimate of drug-likeness (QED) is 0.691. The van der Waals surface area contributed by atoms with E-state index in [-0.39, 0.29) is 21.8 Å². The van der Waals surface area contributed by atoms with Crippen LogP contribution in [0.25, 0.3) is 0 Å². The molecule has 0 aromatic heterocycles. The normalized spacial score (nSPS) is 11.2. The highest BCUT2D eigenvalue weighted by Gasteiger charge is 2.19. The number of benzene rings is 2. The van der Waals surface area contributed by atoms with Gasteiger partial charge in [-0.15, -0.1) is 0 Å². The van der Waals surface area contributed by atoms with Crippen LogP contribution in [0.1, 0.15) is 16.7 Å². The van der Waals surface area contributed by atoms with Crippen LogP contribution < -0.4 is 4.72 Å². The van der Waals surface area contributed by atoms with Crippen LogP contribution in [0.4, 0.5) is 11.4 Å². The highest BCUT2D eigenvalue weighted by molar-refractivity contribution is 7.92. The predicted octanol–water partition coefficient (Wildman–Crippen LogP) is 3.32. The van der Waals surface area contributed by atoms with Gasteiger partial charge < -0.3 is 0 Å². The Bertz CT molecular complexity index is 845. The van der Waals surface area contributed by atoms with Crippen molar-refractivity contribution in [2.24, 2.45) is 0 Å². The van der Waals surface area contributed by atoms with Crippen LogP contribution in [-0.4, -0.2) is 13.3 Å². The number of nitrogens with one attached hydrogen (secondary N) is 1. The first-order valence-electron chi connectivity index (χ1n) is 6.56. The second kappa shape index (κ2) is 5.76. The topological polar surface area (TPSA) is 89.3 Å². The third-order valence-electron chi connectivity index (χ3n) is 3.53. The number of aryl methyl sites for hydroxylation is 2. The third kappa shape index (κ3) is 3.09. The lowest BCUT2D eigenvalue weighted by atomic mass is 10.1. The Balaban J connectivity index is 2.43. The van der Waals surface area contributed by atoms with Crippen molar-refractivity contribution in [1.82, 2.24) is 0 Å². The lowest BCUT2D eigenvalue weighted by molar-refractivity contribution is -0.385. The molecule has 22 heavy (non-hydrogen) atoms. The first-order valence-corrected chi connectivity index (χ1v) is 8.05. The van der Waals surface area contributed by atoms with E-state index in [2.05, 4.69) is 4.72 Å². The van der Waals surface area contributed by atoms with E-state index in [0.29, 0.717) is 0 Å². The van der Waals surface area contributed by atoms with Crippen molar-refractivity contribution in [3.8, 4) is 0 Å². The van der Waals surface area contributed by atoms with Gasteiger partial charge in [-0.3, -0.25) is 14.8 Å². The van der Waals surface area contributed by atoms with Crippen LogP contribution in [0.5, 0.6) is 0 Å². The molecule has 7 heteroatoms. The zero-order chi connectivity index (χ0) is 16.5. The highest BCUT2D eigenvalue weighted by atomic mass is 32.2. The molecule has 116 valence electrons. The van der Waals surface area contributed by atoms with Gasteiger partial charge >= 0.3 is 0 Å². The zero-order valence-electron chi connectivity index (χ0n) is 12.5. The van der Waals surface area contributed by atoms with Crippen LogP contribution >= 0.6 is 0 Å². The molecule has 0 atom stereocenters. The van der Waals surface area contributed by atoms with E-state index in [0.717, 1.165) is 11.1 Å². The van der Waals surface area contributed by atoms with Gasteiger partial charge in [-0.2, -0.15) is 0 Å². The monoisotopic (exact) mass is 320 g/mol. The van der Waals surface area contributed by atoms with Crippen molar-refractivity contribution in [2.45, 2.75) is 25.7 Å². The summed E-state index contributed by atoms with van der Waals surface area (Å²) in [5, 5.41) is 10.9. The van der Waals surface area contributed by atoms with Gasteiger partial charge in [0, 0.05) is 6.07 Å². The average Bonchev–Trinajstić information content (AvgIpc) is 2.43. The molecule has 0 saturated carbocycles. The molecule has 2 rings (SSSR count). The smallest absolute Gasteiger partial charge is 0.274 e. The van der Waals surface area contributed by atoms with E-state index >= 15 is 0 Å². The van der Waals surface area contributed by atoms with Crippen molar-refractivity contribution in [3.63, 3.8) is 0 Å². The second-order valence-corrected chi connectivity index (χ2v) is 6.74. The molecule has 2 aromatic rings. The molecule has 0 unspecified atom stereocenters. The van der Waals surface area contributed by atoms with Crippen molar-refractivity contribution in [1.29, 1.82) is 0 Å². The first kappa shape index (κ1) is 16.0. The van der Waals surface area contributed by atoms with Crippen LogP contribution in [0.2, 0.25) is 0 Å². The van der Waals surface area contributed by atoms with Crippen LogP contribution in [0, 0.1) is 30.9 Å². The maximum atomic E-state index is 12.4. The summed E-state index contributed by atoms with van der Waals surface area (Å²) in [6.45, 7) is 5.23. The molecule has 0 radical (unpaired) electrons. The van der Waals surface area contributed by atoms with Crippen molar-refractivity contribution >= 4 is 21.4 Å². The average molecular weight is 320 g/mol.